The van der Waals surface area contributed by atoms with Gasteiger partial charge in [0.2, 0.25) is 0 Å². The standard InChI is InChI=1S/C17H34N.Li.H/c1-5-8-10-12-14-18(16-17(4)7-3)15-13-11-9-6-2;;/h7H,3,5-6,8-16H2,1-2,4H3;;. The molecule has 1 nitrogen and oxygen atoms in total. The molecule has 2 heteroatoms. The second-order valence-corrected chi connectivity index (χ2v) is 5.45. The van der Waals surface area contributed by atoms with Gasteiger partial charge in [-0.3, -0.25) is 4.90 Å². The molecule has 0 aliphatic carbocycles. The fourth-order valence-corrected chi connectivity index (χ4v) is 2.21. The molecular weight excluding hydrogens is 225 g/mol. The topological polar surface area (TPSA) is 3.24 Å². The molecule has 0 bridgehead atoms. The van der Waals surface area contributed by atoms with E-state index >= 15 is 0 Å². The van der Waals surface area contributed by atoms with Crippen molar-refractivity contribution in [3.05, 3.63) is 18.6 Å². The minimum absolute atomic E-state index is 0. The second kappa shape index (κ2) is 16.4. The zero-order chi connectivity index (χ0) is 13.6. The van der Waals surface area contributed by atoms with Gasteiger partial charge >= 0.3 is 18.9 Å². The molecule has 0 rings (SSSR count). The summed E-state index contributed by atoms with van der Waals surface area (Å²) in [4.78, 5) is 2.61. The van der Waals surface area contributed by atoms with Gasteiger partial charge in [0.1, 0.15) is 0 Å². The van der Waals surface area contributed by atoms with Crippen LogP contribution in [0.2, 0.25) is 0 Å². The fraction of sp³-hybridized carbons (Fsp3) is 0.824. The first-order valence-corrected chi connectivity index (χ1v) is 7.91. The van der Waals surface area contributed by atoms with E-state index in [2.05, 4.69) is 32.6 Å². The van der Waals surface area contributed by atoms with Crippen LogP contribution in [0, 0.1) is 6.92 Å². The van der Waals surface area contributed by atoms with Gasteiger partial charge in [0.25, 0.3) is 0 Å². The van der Waals surface area contributed by atoms with Crippen molar-refractivity contribution in [2.75, 3.05) is 19.6 Å². The molecule has 0 amide bonds. The van der Waals surface area contributed by atoms with Crippen LogP contribution in [0.15, 0.2) is 11.6 Å². The van der Waals surface area contributed by atoms with E-state index in [0.717, 1.165) is 6.54 Å². The molecule has 0 fully saturated rings. The molecule has 0 aromatic carbocycles. The normalized spacial score (nSPS) is 11.7. The molecule has 0 heterocycles. The van der Waals surface area contributed by atoms with Gasteiger partial charge in [-0.05, 0) is 39.8 Å². The van der Waals surface area contributed by atoms with Crippen LogP contribution in [-0.2, 0) is 0 Å². The van der Waals surface area contributed by atoms with Crippen LogP contribution in [0.4, 0.5) is 0 Å². The summed E-state index contributed by atoms with van der Waals surface area (Å²) in [5.74, 6) is 0. The molecule has 19 heavy (non-hydrogen) atoms. The summed E-state index contributed by atoms with van der Waals surface area (Å²) in [5.41, 5.74) is 1.40. The Morgan fingerprint density at radius 2 is 1.37 bits per heavy atom. The van der Waals surface area contributed by atoms with Crippen LogP contribution < -0.4 is 0 Å². The third-order valence-corrected chi connectivity index (χ3v) is 3.48. The second-order valence-electron chi connectivity index (χ2n) is 5.45. The summed E-state index contributed by atoms with van der Waals surface area (Å²) < 4.78 is 0. The first-order valence-electron chi connectivity index (χ1n) is 7.91. The molecular formula is C17H35LiN. The van der Waals surface area contributed by atoms with Crippen molar-refractivity contribution in [3.63, 3.8) is 0 Å². The summed E-state index contributed by atoms with van der Waals surface area (Å²) in [6.07, 6.45) is 12.9. The van der Waals surface area contributed by atoms with Gasteiger partial charge < -0.3 is 0 Å². The Hall–Kier alpha value is 0.297. The van der Waals surface area contributed by atoms with Crippen molar-refractivity contribution in [3.8, 4) is 0 Å². The van der Waals surface area contributed by atoms with E-state index in [4.69, 9.17) is 0 Å². The average molecular weight is 260 g/mol. The van der Waals surface area contributed by atoms with Gasteiger partial charge in [-0.15, -0.1) is 0 Å². The first-order chi connectivity index (χ1) is 8.74. The molecule has 0 aliphatic rings. The first kappa shape index (κ1) is 21.6. The number of allylic oxidation sites excluding steroid dienone is 1. The number of hydrogen-bond acceptors (Lipinski definition) is 1. The maximum absolute atomic E-state index is 3.87. The molecule has 0 unspecified atom stereocenters. The molecule has 0 saturated carbocycles. The van der Waals surface area contributed by atoms with Gasteiger partial charge in [-0.2, -0.15) is 0 Å². The van der Waals surface area contributed by atoms with Crippen molar-refractivity contribution in [1.29, 1.82) is 0 Å². The Kier molecular flexibility index (Phi) is 18.6. The van der Waals surface area contributed by atoms with Gasteiger partial charge in [0.05, 0.1) is 0 Å². The zero-order valence-corrected chi connectivity index (χ0v) is 13.0. The molecule has 109 valence electrons. The molecule has 0 aromatic rings. The summed E-state index contributed by atoms with van der Waals surface area (Å²) in [6.45, 7) is 14.2. The zero-order valence-electron chi connectivity index (χ0n) is 13.0. The quantitative estimate of drug-likeness (QED) is 0.367. The molecule has 0 saturated heterocycles. The van der Waals surface area contributed by atoms with Gasteiger partial charge in [0, 0.05) is 6.54 Å². The summed E-state index contributed by atoms with van der Waals surface area (Å²) in [7, 11) is 0. The van der Waals surface area contributed by atoms with Gasteiger partial charge in [-0.1, -0.05) is 64.0 Å². The Balaban J connectivity index is 0. The summed E-state index contributed by atoms with van der Waals surface area (Å²) in [5, 5.41) is 0. The molecule has 0 atom stereocenters. The molecule has 0 aromatic heterocycles. The van der Waals surface area contributed by atoms with E-state index in [1.165, 1.54) is 70.0 Å². The van der Waals surface area contributed by atoms with Crippen molar-refractivity contribution < 1.29 is 0 Å². The summed E-state index contributed by atoms with van der Waals surface area (Å²) >= 11 is 0. The van der Waals surface area contributed by atoms with E-state index in [1.807, 2.05) is 6.08 Å². The molecule has 0 aliphatic heterocycles. The third-order valence-electron chi connectivity index (χ3n) is 3.48. The monoisotopic (exact) mass is 260 g/mol. The van der Waals surface area contributed by atoms with Gasteiger partial charge in [0.15, 0.2) is 0 Å². The van der Waals surface area contributed by atoms with Crippen LogP contribution >= 0.6 is 0 Å². The van der Waals surface area contributed by atoms with Crippen LogP contribution in [0.25, 0.3) is 0 Å². The summed E-state index contributed by atoms with van der Waals surface area (Å²) in [6, 6.07) is 0. The fourth-order valence-electron chi connectivity index (χ4n) is 2.21. The van der Waals surface area contributed by atoms with Gasteiger partial charge in [-0.25, -0.2) is 0 Å². The molecule has 1 radical (unpaired) electrons. The van der Waals surface area contributed by atoms with Crippen LogP contribution in [0.1, 0.15) is 72.1 Å². The minimum atomic E-state index is 0. The van der Waals surface area contributed by atoms with Crippen molar-refractivity contribution in [2.24, 2.45) is 0 Å². The number of hydrogen-bond donors (Lipinski definition) is 0. The number of nitrogens with zero attached hydrogens (tertiary/aromatic N) is 1. The molecule has 0 N–H and O–H groups in total. The Morgan fingerprint density at radius 3 is 1.74 bits per heavy atom. The Bertz CT molecular complexity index is 189. The van der Waals surface area contributed by atoms with Crippen LogP contribution in [0.3, 0.4) is 0 Å². The number of unbranched alkanes of at least 4 members (excludes halogenated alkanes) is 6. The van der Waals surface area contributed by atoms with Crippen molar-refractivity contribution in [2.45, 2.75) is 72.1 Å². The maximum atomic E-state index is 3.87. The van der Waals surface area contributed by atoms with Crippen LogP contribution in [-0.4, -0.2) is 43.4 Å². The van der Waals surface area contributed by atoms with E-state index in [-0.39, 0.29) is 18.9 Å². The van der Waals surface area contributed by atoms with Crippen molar-refractivity contribution in [1.82, 2.24) is 4.90 Å². The Morgan fingerprint density at radius 1 is 0.895 bits per heavy atom. The van der Waals surface area contributed by atoms with E-state index in [1.54, 1.807) is 0 Å². The SMILES string of the molecule is [CH2]C=C(C)CN(CCCCCC)CCCCCC.[LiH]. The molecule has 0 spiro atoms. The Labute approximate surface area is 134 Å². The average Bonchev–Trinajstić information content (AvgIpc) is 2.39. The number of rotatable bonds is 12. The van der Waals surface area contributed by atoms with E-state index in [0.29, 0.717) is 0 Å². The van der Waals surface area contributed by atoms with Crippen LogP contribution in [0.5, 0.6) is 0 Å². The third kappa shape index (κ3) is 14.5. The van der Waals surface area contributed by atoms with E-state index in [9.17, 15) is 0 Å². The van der Waals surface area contributed by atoms with E-state index < -0.39 is 0 Å². The predicted molar refractivity (Wildman–Crippen MR) is 91.0 cm³/mol. The van der Waals surface area contributed by atoms with Crippen molar-refractivity contribution >= 4 is 18.9 Å². The predicted octanol–water partition coefficient (Wildman–Crippen LogP) is 4.58.